The van der Waals surface area contributed by atoms with E-state index in [1.54, 1.807) is 0 Å². The van der Waals surface area contributed by atoms with E-state index < -0.39 is 43.3 Å². The number of aliphatic hydroxyl groups is 3. The predicted molar refractivity (Wildman–Crippen MR) is 95.5 cm³/mol. The molecule has 0 bridgehead atoms. The van der Waals surface area contributed by atoms with E-state index in [0.29, 0.717) is 0 Å². The van der Waals surface area contributed by atoms with Crippen LogP contribution in [-0.4, -0.2) is 73.9 Å². The highest BCUT2D eigenvalue weighted by atomic mass is 16.7. The van der Waals surface area contributed by atoms with Crippen molar-refractivity contribution in [3.05, 3.63) is 48.0 Å². The maximum Gasteiger partial charge on any atom is 0.338 e. The number of aromatic hydroxyl groups is 3. The van der Waals surface area contributed by atoms with Gasteiger partial charge in [-0.15, -0.1) is 0 Å². The van der Waals surface area contributed by atoms with Crippen LogP contribution < -0.4 is 4.74 Å². The molecule has 1 fully saturated rings. The third-order valence-electron chi connectivity index (χ3n) is 4.28. The van der Waals surface area contributed by atoms with Crippen molar-refractivity contribution in [3.63, 3.8) is 0 Å². The Bertz CT molecular complexity index is 832. The minimum atomic E-state index is -1.67. The highest BCUT2D eigenvalue weighted by Crippen LogP contribution is 2.29. The van der Waals surface area contributed by atoms with E-state index in [1.807, 2.05) is 0 Å². The second-order valence-corrected chi connectivity index (χ2v) is 6.46. The molecule has 6 N–H and O–H groups in total. The van der Waals surface area contributed by atoms with Crippen LogP contribution in [0.15, 0.2) is 42.5 Å². The van der Waals surface area contributed by atoms with Gasteiger partial charge in [-0.3, -0.25) is 0 Å². The number of hydrogen-bond acceptors (Lipinski definition) is 10. The Morgan fingerprint density at radius 1 is 0.862 bits per heavy atom. The molecule has 2 aromatic carbocycles. The summed E-state index contributed by atoms with van der Waals surface area (Å²) in [5, 5.41) is 58.5. The molecular formula is C19H20O10. The van der Waals surface area contributed by atoms with E-state index in [-0.39, 0.29) is 28.6 Å². The van der Waals surface area contributed by atoms with Crippen molar-refractivity contribution >= 4 is 5.97 Å². The monoisotopic (exact) mass is 408 g/mol. The zero-order valence-corrected chi connectivity index (χ0v) is 15.0. The number of hydrogen-bond donors (Lipinski definition) is 6. The van der Waals surface area contributed by atoms with Crippen molar-refractivity contribution < 1.29 is 49.6 Å². The summed E-state index contributed by atoms with van der Waals surface area (Å²) in [6, 6.07) is 8.65. The number of rotatable bonds is 5. The first-order valence-corrected chi connectivity index (χ1v) is 8.60. The van der Waals surface area contributed by atoms with Crippen LogP contribution >= 0.6 is 0 Å². The molecule has 5 atom stereocenters. The van der Waals surface area contributed by atoms with Crippen LogP contribution in [0.25, 0.3) is 0 Å². The molecule has 1 heterocycles. The quantitative estimate of drug-likeness (QED) is 0.366. The van der Waals surface area contributed by atoms with Crippen LogP contribution in [0.4, 0.5) is 0 Å². The van der Waals surface area contributed by atoms with Crippen molar-refractivity contribution in [2.45, 2.75) is 30.7 Å². The average Bonchev–Trinajstić information content (AvgIpc) is 2.67. The lowest BCUT2D eigenvalue weighted by atomic mass is 9.99. The van der Waals surface area contributed by atoms with Crippen LogP contribution in [0.1, 0.15) is 10.4 Å². The summed E-state index contributed by atoms with van der Waals surface area (Å²) in [6.45, 7) is -0.462. The molecule has 10 nitrogen and oxygen atoms in total. The lowest BCUT2D eigenvalue weighted by Crippen LogP contribution is -2.60. The van der Waals surface area contributed by atoms with Crippen molar-refractivity contribution in [2.24, 2.45) is 0 Å². The van der Waals surface area contributed by atoms with Crippen LogP contribution in [0, 0.1) is 0 Å². The third-order valence-corrected chi connectivity index (χ3v) is 4.28. The number of carbonyl (C=O) groups excluding carboxylic acids is 1. The molecule has 1 aliphatic heterocycles. The first-order chi connectivity index (χ1) is 13.7. The first kappa shape index (κ1) is 20.7. The zero-order chi connectivity index (χ0) is 21.1. The van der Waals surface area contributed by atoms with E-state index in [9.17, 15) is 35.4 Å². The molecule has 1 aliphatic rings. The molecule has 1 saturated heterocycles. The van der Waals surface area contributed by atoms with Gasteiger partial charge in [0.15, 0.2) is 0 Å². The number of phenolic OH excluding ortho intramolecular Hbond substituents is 3. The Morgan fingerprint density at radius 2 is 1.48 bits per heavy atom. The number of esters is 1. The Morgan fingerprint density at radius 3 is 2.10 bits per heavy atom. The predicted octanol–water partition coefficient (Wildman–Crippen LogP) is -0.153. The summed E-state index contributed by atoms with van der Waals surface area (Å²) in [5.74, 6) is -1.44. The second-order valence-electron chi connectivity index (χ2n) is 6.46. The Labute approximate surface area is 164 Å². The second kappa shape index (κ2) is 8.53. The van der Waals surface area contributed by atoms with Gasteiger partial charge in [0.05, 0.1) is 5.56 Å². The number of phenols is 3. The molecule has 0 radical (unpaired) electrons. The van der Waals surface area contributed by atoms with Crippen LogP contribution in [-0.2, 0) is 9.47 Å². The SMILES string of the molecule is O=C(OC[C@H]1O[C@@H](Oc2cc(O)cc(O)c2)[C@H](O)[C@@H](O)[C@@H]1O)c1ccc(O)cc1. The van der Waals surface area contributed by atoms with Crippen LogP contribution in [0.3, 0.4) is 0 Å². The Kier molecular flexibility index (Phi) is 6.09. The van der Waals surface area contributed by atoms with Gasteiger partial charge >= 0.3 is 5.97 Å². The number of carbonyl (C=O) groups is 1. The summed E-state index contributed by atoms with van der Waals surface area (Å²) in [4.78, 5) is 12.1. The van der Waals surface area contributed by atoms with Crippen molar-refractivity contribution in [3.8, 4) is 23.0 Å². The fourth-order valence-corrected chi connectivity index (χ4v) is 2.76. The maximum atomic E-state index is 12.1. The minimum absolute atomic E-state index is 0.0253. The van der Waals surface area contributed by atoms with Gasteiger partial charge < -0.3 is 44.8 Å². The molecule has 0 unspecified atom stereocenters. The molecule has 29 heavy (non-hydrogen) atoms. The van der Waals surface area contributed by atoms with Gasteiger partial charge in [0.25, 0.3) is 0 Å². The topological polar surface area (TPSA) is 166 Å². The van der Waals surface area contributed by atoms with E-state index in [1.165, 1.54) is 24.3 Å². The van der Waals surface area contributed by atoms with Crippen molar-refractivity contribution in [1.29, 1.82) is 0 Å². The maximum absolute atomic E-state index is 12.1. The van der Waals surface area contributed by atoms with E-state index in [2.05, 4.69) is 0 Å². The van der Waals surface area contributed by atoms with E-state index >= 15 is 0 Å². The van der Waals surface area contributed by atoms with E-state index in [0.717, 1.165) is 18.2 Å². The minimum Gasteiger partial charge on any atom is -0.508 e. The van der Waals surface area contributed by atoms with Gasteiger partial charge in [-0.25, -0.2) is 4.79 Å². The molecule has 0 aromatic heterocycles. The molecule has 2 aromatic rings. The lowest BCUT2D eigenvalue weighted by molar-refractivity contribution is -0.277. The molecule has 0 spiro atoms. The molecule has 3 rings (SSSR count). The smallest absolute Gasteiger partial charge is 0.338 e. The first-order valence-electron chi connectivity index (χ1n) is 8.60. The number of ether oxygens (including phenoxy) is 3. The van der Waals surface area contributed by atoms with Crippen molar-refractivity contribution in [2.75, 3.05) is 6.61 Å². The molecule has 0 aliphatic carbocycles. The third kappa shape index (κ3) is 4.87. The summed E-state index contributed by atoms with van der Waals surface area (Å²) in [7, 11) is 0. The standard InChI is InChI=1S/C19H20O10/c20-10-3-1-9(2-4-10)18(26)27-8-14-15(23)16(24)17(25)19(29-14)28-13-6-11(21)5-12(22)7-13/h1-7,14-17,19-25H,8H2/t14-,15-,16+,17-,19-/m1/s1. The van der Waals surface area contributed by atoms with Crippen molar-refractivity contribution in [1.82, 2.24) is 0 Å². The van der Waals surface area contributed by atoms with Gasteiger partial charge in [0.1, 0.15) is 54.0 Å². The summed E-state index contributed by atoms with van der Waals surface area (Å²) in [6.07, 6.45) is -7.61. The normalized spacial score (nSPS) is 26.7. The molecule has 0 amide bonds. The largest absolute Gasteiger partial charge is 0.508 e. The molecule has 10 heteroatoms. The summed E-state index contributed by atoms with van der Waals surface area (Å²) in [5.41, 5.74) is 0.150. The Hall–Kier alpha value is -3.05. The van der Waals surface area contributed by atoms with Crippen LogP contribution in [0.2, 0.25) is 0 Å². The van der Waals surface area contributed by atoms with Gasteiger partial charge in [-0.1, -0.05) is 0 Å². The van der Waals surface area contributed by atoms with Gasteiger partial charge in [0.2, 0.25) is 6.29 Å². The molecule has 156 valence electrons. The zero-order valence-electron chi connectivity index (χ0n) is 15.0. The lowest BCUT2D eigenvalue weighted by Gasteiger charge is -2.39. The number of benzene rings is 2. The van der Waals surface area contributed by atoms with Crippen LogP contribution in [0.5, 0.6) is 23.0 Å². The highest BCUT2D eigenvalue weighted by molar-refractivity contribution is 5.89. The molecular weight excluding hydrogens is 388 g/mol. The highest BCUT2D eigenvalue weighted by Gasteiger charge is 2.45. The van der Waals surface area contributed by atoms with Gasteiger partial charge in [0, 0.05) is 18.2 Å². The number of aliphatic hydroxyl groups excluding tert-OH is 3. The fourth-order valence-electron chi connectivity index (χ4n) is 2.76. The summed E-state index contributed by atoms with van der Waals surface area (Å²) < 4.78 is 15.8. The fraction of sp³-hybridized carbons (Fsp3) is 0.316. The Balaban J connectivity index is 1.66. The van der Waals surface area contributed by atoms with Gasteiger partial charge in [-0.05, 0) is 24.3 Å². The van der Waals surface area contributed by atoms with E-state index in [4.69, 9.17) is 14.2 Å². The summed E-state index contributed by atoms with van der Waals surface area (Å²) >= 11 is 0. The van der Waals surface area contributed by atoms with Gasteiger partial charge in [-0.2, -0.15) is 0 Å². The molecule has 0 saturated carbocycles. The average molecular weight is 408 g/mol.